The fourth-order valence-electron chi connectivity index (χ4n) is 5.14. The zero-order valence-electron chi connectivity index (χ0n) is 11.8. The van der Waals surface area contributed by atoms with Gasteiger partial charge in [-0.15, -0.1) is 0 Å². The molecule has 100 valence electrons. The van der Waals surface area contributed by atoms with Crippen molar-refractivity contribution in [1.82, 2.24) is 4.90 Å². The lowest BCUT2D eigenvalue weighted by molar-refractivity contribution is -0.0495. The van der Waals surface area contributed by atoms with Crippen LogP contribution >= 0.6 is 0 Å². The van der Waals surface area contributed by atoms with E-state index in [0.717, 1.165) is 29.6 Å². The Labute approximate surface area is 111 Å². The molecule has 2 nitrogen and oxygen atoms in total. The number of hydrogen-bond acceptors (Lipinski definition) is 2. The van der Waals surface area contributed by atoms with Crippen LogP contribution in [0.15, 0.2) is 0 Å². The first-order valence-electron chi connectivity index (χ1n) is 7.74. The Hall–Kier alpha value is -0.550. The van der Waals surface area contributed by atoms with Gasteiger partial charge in [0.1, 0.15) is 0 Å². The van der Waals surface area contributed by atoms with Gasteiger partial charge in [0.05, 0.1) is 12.5 Å². The maximum atomic E-state index is 8.82. The van der Waals surface area contributed by atoms with E-state index >= 15 is 0 Å². The predicted octanol–water partition coefficient (Wildman–Crippen LogP) is 3.29. The van der Waals surface area contributed by atoms with Crippen LogP contribution in [-0.2, 0) is 0 Å². The molecule has 0 spiro atoms. The summed E-state index contributed by atoms with van der Waals surface area (Å²) in [5.74, 6) is 5.11. The number of nitriles is 1. The highest BCUT2D eigenvalue weighted by molar-refractivity contribution is 4.99. The monoisotopic (exact) mass is 246 g/mol. The van der Waals surface area contributed by atoms with Gasteiger partial charge in [0, 0.05) is 12.6 Å². The minimum absolute atomic E-state index is 0.423. The molecule has 18 heavy (non-hydrogen) atoms. The third kappa shape index (κ3) is 2.18. The first-order valence-corrected chi connectivity index (χ1v) is 7.74. The average Bonchev–Trinajstić information content (AvgIpc) is 2.33. The molecule has 2 heteroatoms. The molecule has 0 radical (unpaired) electrons. The molecule has 0 amide bonds. The smallest absolute Gasteiger partial charge is 0.0638 e. The van der Waals surface area contributed by atoms with Crippen molar-refractivity contribution in [2.75, 3.05) is 13.6 Å². The Morgan fingerprint density at radius 1 is 1.11 bits per heavy atom. The van der Waals surface area contributed by atoms with Crippen molar-refractivity contribution in [2.45, 2.75) is 51.5 Å². The summed E-state index contributed by atoms with van der Waals surface area (Å²) in [5.41, 5.74) is 0. The fourth-order valence-corrected chi connectivity index (χ4v) is 5.14. The second kappa shape index (κ2) is 4.85. The van der Waals surface area contributed by atoms with Gasteiger partial charge in [0.15, 0.2) is 0 Å². The summed E-state index contributed by atoms with van der Waals surface area (Å²) in [7, 11) is 2.22. The van der Waals surface area contributed by atoms with Gasteiger partial charge in [-0.2, -0.15) is 5.26 Å². The summed E-state index contributed by atoms with van der Waals surface area (Å²) < 4.78 is 0. The van der Waals surface area contributed by atoms with Crippen molar-refractivity contribution in [3.8, 4) is 6.07 Å². The van der Waals surface area contributed by atoms with E-state index in [1.54, 1.807) is 6.42 Å². The van der Waals surface area contributed by atoms with Crippen LogP contribution < -0.4 is 0 Å². The molecule has 4 bridgehead atoms. The van der Waals surface area contributed by atoms with Gasteiger partial charge in [-0.3, -0.25) is 0 Å². The third-order valence-corrected chi connectivity index (χ3v) is 6.06. The van der Waals surface area contributed by atoms with Crippen LogP contribution in [0.3, 0.4) is 0 Å². The summed E-state index contributed by atoms with van der Waals surface area (Å²) in [6, 6.07) is 2.73. The van der Waals surface area contributed by atoms with Crippen molar-refractivity contribution < 1.29 is 0 Å². The summed E-state index contributed by atoms with van der Waals surface area (Å²) >= 11 is 0. The minimum atomic E-state index is 0.423. The SMILES string of the molecule is CC(CC#N)N(C)CC1C2CC3CC(C2)CC1C3. The summed E-state index contributed by atoms with van der Waals surface area (Å²) in [5, 5.41) is 8.82. The number of nitrogens with zero attached hydrogens (tertiary/aromatic N) is 2. The highest BCUT2D eigenvalue weighted by Gasteiger charge is 2.48. The molecule has 0 N–H and O–H groups in total. The molecule has 1 unspecified atom stereocenters. The Morgan fingerprint density at radius 2 is 1.67 bits per heavy atom. The van der Waals surface area contributed by atoms with Gasteiger partial charge in [-0.25, -0.2) is 0 Å². The van der Waals surface area contributed by atoms with Gasteiger partial charge in [0.25, 0.3) is 0 Å². The molecular formula is C16H26N2. The summed E-state index contributed by atoms with van der Waals surface area (Å²) in [4.78, 5) is 2.44. The minimum Gasteiger partial charge on any atom is -0.302 e. The second-order valence-electron chi connectivity index (χ2n) is 7.25. The highest BCUT2D eigenvalue weighted by atomic mass is 15.1. The van der Waals surface area contributed by atoms with Crippen LogP contribution in [0.25, 0.3) is 0 Å². The van der Waals surface area contributed by atoms with Crippen LogP contribution in [0.1, 0.15) is 45.4 Å². The lowest BCUT2D eigenvalue weighted by Crippen LogP contribution is -2.49. The van der Waals surface area contributed by atoms with Gasteiger partial charge in [-0.05, 0) is 75.7 Å². The quantitative estimate of drug-likeness (QED) is 0.761. The Balaban J connectivity index is 1.62. The largest absolute Gasteiger partial charge is 0.302 e. The van der Waals surface area contributed by atoms with Crippen molar-refractivity contribution in [1.29, 1.82) is 5.26 Å². The molecule has 0 aromatic rings. The molecule has 0 aromatic carbocycles. The van der Waals surface area contributed by atoms with Crippen LogP contribution in [-0.4, -0.2) is 24.5 Å². The normalized spacial score (nSPS) is 43.1. The molecule has 0 aromatic heterocycles. The van der Waals surface area contributed by atoms with Crippen molar-refractivity contribution in [3.05, 3.63) is 0 Å². The van der Waals surface area contributed by atoms with E-state index in [0.29, 0.717) is 12.5 Å². The van der Waals surface area contributed by atoms with Crippen LogP contribution in [0.5, 0.6) is 0 Å². The molecule has 4 aliphatic carbocycles. The molecule has 0 saturated heterocycles. The maximum Gasteiger partial charge on any atom is 0.0638 e. The summed E-state index contributed by atoms with van der Waals surface area (Å²) in [6.45, 7) is 3.43. The first-order chi connectivity index (χ1) is 8.67. The average molecular weight is 246 g/mol. The Bertz CT molecular complexity index is 315. The number of hydrogen-bond donors (Lipinski definition) is 0. The molecule has 1 atom stereocenters. The lowest BCUT2D eigenvalue weighted by Gasteiger charge is -2.55. The fraction of sp³-hybridized carbons (Fsp3) is 0.938. The zero-order chi connectivity index (χ0) is 12.7. The molecule has 0 heterocycles. The number of rotatable bonds is 4. The summed E-state index contributed by atoms with van der Waals surface area (Å²) in [6.07, 6.45) is 8.26. The topological polar surface area (TPSA) is 27.0 Å². The van der Waals surface area contributed by atoms with Crippen LogP contribution in [0.4, 0.5) is 0 Å². The van der Waals surface area contributed by atoms with Gasteiger partial charge >= 0.3 is 0 Å². The van der Waals surface area contributed by atoms with E-state index in [-0.39, 0.29) is 0 Å². The van der Waals surface area contributed by atoms with E-state index in [1.807, 2.05) is 0 Å². The molecule has 0 aliphatic heterocycles. The Kier molecular flexibility index (Phi) is 3.36. The van der Waals surface area contributed by atoms with E-state index in [2.05, 4.69) is 24.9 Å². The molecule has 4 rings (SSSR count). The van der Waals surface area contributed by atoms with E-state index in [9.17, 15) is 0 Å². The van der Waals surface area contributed by atoms with Crippen LogP contribution in [0.2, 0.25) is 0 Å². The van der Waals surface area contributed by atoms with Crippen LogP contribution in [0, 0.1) is 40.9 Å². The molecule has 4 fully saturated rings. The standard InChI is InChI=1S/C16H26N2/c1-11(3-4-17)18(2)10-16-14-6-12-5-13(8-14)9-15(16)7-12/h11-16H,3,5-10H2,1-2H3. The van der Waals surface area contributed by atoms with E-state index < -0.39 is 0 Å². The third-order valence-electron chi connectivity index (χ3n) is 6.06. The van der Waals surface area contributed by atoms with E-state index in [4.69, 9.17) is 5.26 Å². The van der Waals surface area contributed by atoms with Crippen molar-refractivity contribution >= 4 is 0 Å². The Morgan fingerprint density at radius 3 is 2.17 bits per heavy atom. The highest BCUT2D eigenvalue weighted by Crippen LogP contribution is 2.56. The lowest BCUT2D eigenvalue weighted by atomic mass is 9.52. The molecule has 4 saturated carbocycles. The van der Waals surface area contributed by atoms with E-state index in [1.165, 1.54) is 32.2 Å². The first kappa shape index (κ1) is 12.5. The molecule has 4 aliphatic rings. The second-order valence-corrected chi connectivity index (χ2v) is 7.25. The van der Waals surface area contributed by atoms with Gasteiger partial charge in [0.2, 0.25) is 0 Å². The molecular weight excluding hydrogens is 220 g/mol. The van der Waals surface area contributed by atoms with Crippen molar-refractivity contribution in [2.24, 2.45) is 29.6 Å². The maximum absolute atomic E-state index is 8.82. The zero-order valence-corrected chi connectivity index (χ0v) is 11.8. The van der Waals surface area contributed by atoms with Gasteiger partial charge in [-0.1, -0.05) is 0 Å². The van der Waals surface area contributed by atoms with Gasteiger partial charge < -0.3 is 4.90 Å². The van der Waals surface area contributed by atoms with Crippen molar-refractivity contribution in [3.63, 3.8) is 0 Å². The predicted molar refractivity (Wildman–Crippen MR) is 72.9 cm³/mol.